The number of rotatable bonds is 8. The van der Waals surface area contributed by atoms with Gasteiger partial charge in [0.05, 0.1) is 0 Å². The summed E-state index contributed by atoms with van der Waals surface area (Å²) in [5, 5.41) is 11.8. The van der Waals surface area contributed by atoms with E-state index < -0.39 is 23.8 Å². The molecule has 2 N–H and O–H groups in total. The molecule has 2 aromatic rings. The highest BCUT2D eigenvalue weighted by molar-refractivity contribution is 7.99. The third kappa shape index (κ3) is 6.93. The fourth-order valence-corrected chi connectivity index (χ4v) is 3.71. The van der Waals surface area contributed by atoms with Crippen LogP contribution in [0.3, 0.4) is 0 Å². The summed E-state index contributed by atoms with van der Waals surface area (Å²) in [6.45, 7) is 0. The van der Waals surface area contributed by atoms with E-state index in [4.69, 9.17) is 5.11 Å². The molecule has 0 spiro atoms. The first-order valence-electron chi connectivity index (χ1n) is 9.62. The zero-order valence-corrected chi connectivity index (χ0v) is 17.6. The fraction of sp³-hybridized carbons (Fsp3) is 0.409. The van der Waals surface area contributed by atoms with E-state index in [9.17, 15) is 26.7 Å². The Labute approximate surface area is 182 Å². The van der Waals surface area contributed by atoms with Gasteiger partial charge in [0.25, 0.3) is 6.43 Å². The van der Waals surface area contributed by atoms with Crippen molar-refractivity contribution in [2.45, 2.75) is 42.4 Å². The van der Waals surface area contributed by atoms with Crippen LogP contribution in [0.1, 0.15) is 24.0 Å². The van der Waals surface area contributed by atoms with Gasteiger partial charge < -0.3 is 15.2 Å². The Hall–Kier alpha value is -2.13. The van der Waals surface area contributed by atoms with Gasteiger partial charge in [0.1, 0.15) is 6.29 Å². The number of aldehydes is 1. The van der Waals surface area contributed by atoms with Crippen LogP contribution in [0.15, 0.2) is 53.4 Å². The summed E-state index contributed by atoms with van der Waals surface area (Å²) >= 11 is 1.93. The highest BCUT2D eigenvalue weighted by Crippen LogP contribution is 2.43. The maximum Gasteiger partial charge on any atom is 0.427 e. The molecule has 1 aliphatic carbocycles. The van der Waals surface area contributed by atoms with E-state index in [1.165, 1.54) is 42.7 Å². The lowest BCUT2D eigenvalue weighted by Crippen LogP contribution is -2.48. The van der Waals surface area contributed by atoms with Crippen molar-refractivity contribution in [3.05, 3.63) is 59.7 Å². The van der Waals surface area contributed by atoms with E-state index in [-0.39, 0.29) is 0 Å². The fourth-order valence-electron chi connectivity index (χ4n) is 2.62. The second kappa shape index (κ2) is 10.9. The number of aliphatic hydroxyl groups is 1. The van der Waals surface area contributed by atoms with Crippen molar-refractivity contribution in [1.82, 2.24) is 0 Å². The molecular weight excluding hydrogens is 437 g/mol. The minimum absolute atomic E-state index is 0.451. The molecule has 9 heteroatoms. The number of alkyl halides is 5. The molecule has 0 bridgehead atoms. The van der Waals surface area contributed by atoms with Gasteiger partial charge in [-0.3, -0.25) is 0 Å². The van der Waals surface area contributed by atoms with Crippen LogP contribution in [-0.4, -0.2) is 36.8 Å². The Bertz CT molecular complexity index is 823. The van der Waals surface area contributed by atoms with Crippen LogP contribution in [0.5, 0.6) is 0 Å². The van der Waals surface area contributed by atoms with Crippen molar-refractivity contribution >= 4 is 23.7 Å². The number of benzene rings is 2. The molecule has 3 nitrogen and oxygen atoms in total. The summed E-state index contributed by atoms with van der Waals surface area (Å²) in [5.74, 6) is 2.22. The molecular formula is C22H24F5NO2S. The molecule has 1 unspecified atom stereocenters. The Kier molecular flexibility index (Phi) is 8.88. The van der Waals surface area contributed by atoms with E-state index >= 15 is 0 Å². The third-order valence-electron chi connectivity index (χ3n) is 4.79. The number of hydrogen-bond acceptors (Lipinski definition) is 4. The van der Waals surface area contributed by atoms with Gasteiger partial charge >= 0.3 is 6.18 Å². The van der Waals surface area contributed by atoms with Crippen LogP contribution in [-0.2, 0) is 16.8 Å². The summed E-state index contributed by atoms with van der Waals surface area (Å²) in [4.78, 5) is 11.6. The highest BCUT2D eigenvalue weighted by Gasteiger charge is 2.61. The topological polar surface area (TPSA) is 49.3 Å². The number of hydrogen-bond donors (Lipinski definition) is 2. The Morgan fingerprint density at radius 2 is 1.68 bits per heavy atom. The quantitative estimate of drug-likeness (QED) is 0.302. The minimum Gasteiger partial charge on any atom is -0.388 e. The molecule has 1 saturated carbocycles. The summed E-state index contributed by atoms with van der Waals surface area (Å²) in [7, 11) is 1.53. The van der Waals surface area contributed by atoms with Crippen LogP contribution in [0.2, 0.25) is 0 Å². The lowest BCUT2D eigenvalue weighted by Gasteiger charge is -2.30. The second-order valence-electron chi connectivity index (χ2n) is 7.16. The van der Waals surface area contributed by atoms with E-state index in [0.29, 0.717) is 12.1 Å². The smallest absolute Gasteiger partial charge is 0.388 e. The van der Waals surface area contributed by atoms with Crippen LogP contribution < -0.4 is 5.32 Å². The van der Waals surface area contributed by atoms with Gasteiger partial charge in [0.2, 0.25) is 5.60 Å². The van der Waals surface area contributed by atoms with E-state index in [1.54, 1.807) is 0 Å². The predicted octanol–water partition coefficient (Wildman–Crippen LogP) is 5.67. The average molecular weight is 461 g/mol. The predicted molar refractivity (Wildman–Crippen MR) is 112 cm³/mol. The molecule has 31 heavy (non-hydrogen) atoms. The highest BCUT2D eigenvalue weighted by atomic mass is 32.2. The van der Waals surface area contributed by atoms with Crippen molar-refractivity contribution in [2.24, 2.45) is 5.92 Å². The first kappa shape index (κ1) is 25.1. The van der Waals surface area contributed by atoms with Crippen molar-refractivity contribution in [1.29, 1.82) is 0 Å². The maximum atomic E-state index is 12.5. The number of anilines is 1. The van der Waals surface area contributed by atoms with E-state index in [0.717, 1.165) is 29.9 Å². The van der Waals surface area contributed by atoms with Gasteiger partial charge in [0.15, 0.2) is 0 Å². The molecule has 1 aliphatic rings. The molecule has 0 saturated heterocycles. The molecule has 0 aliphatic heterocycles. The van der Waals surface area contributed by atoms with Crippen LogP contribution in [0.4, 0.5) is 27.6 Å². The summed E-state index contributed by atoms with van der Waals surface area (Å²) in [6.07, 6.45) is -5.09. The van der Waals surface area contributed by atoms with Crippen molar-refractivity contribution in [3.63, 3.8) is 0 Å². The van der Waals surface area contributed by atoms with Crippen molar-refractivity contribution in [2.75, 3.05) is 18.1 Å². The molecule has 1 atom stereocenters. The molecule has 0 radical (unpaired) electrons. The Morgan fingerprint density at radius 1 is 1.10 bits per heavy atom. The van der Waals surface area contributed by atoms with Crippen molar-refractivity contribution < 1.29 is 31.9 Å². The molecule has 1 fully saturated rings. The van der Waals surface area contributed by atoms with E-state index in [1.807, 2.05) is 23.9 Å². The molecule has 0 heterocycles. The molecule has 0 aromatic heterocycles. The lowest BCUT2D eigenvalue weighted by atomic mass is 9.93. The molecule has 170 valence electrons. The van der Waals surface area contributed by atoms with Gasteiger partial charge in [-0.2, -0.15) is 13.2 Å². The number of carbonyl (C=O) groups is 1. The zero-order chi connectivity index (χ0) is 23.1. The molecule has 0 amide bonds. The van der Waals surface area contributed by atoms with Crippen LogP contribution in [0, 0.1) is 5.92 Å². The number of thioether (sulfide) groups is 1. The Morgan fingerprint density at radius 3 is 2.10 bits per heavy atom. The lowest BCUT2D eigenvalue weighted by molar-refractivity contribution is -0.305. The third-order valence-corrected chi connectivity index (χ3v) is 6.03. The molecule has 3 rings (SSSR count). The Balaban J connectivity index is 0.000000224. The largest absolute Gasteiger partial charge is 0.427 e. The summed E-state index contributed by atoms with van der Waals surface area (Å²) in [6, 6.07) is 12.3. The number of carbonyl (C=O) groups excluding carboxylic acids is 1. The van der Waals surface area contributed by atoms with Crippen molar-refractivity contribution in [3.8, 4) is 0 Å². The van der Waals surface area contributed by atoms with Gasteiger partial charge in [-0.05, 0) is 54.2 Å². The first-order chi connectivity index (χ1) is 14.6. The van der Waals surface area contributed by atoms with Gasteiger partial charge in [-0.25, -0.2) is 8.78 Å². The number of nitrogens with one attached hydrogen (secondary N) is 1. The second-order valence-corrected chi connectivity index (χ2v) is 8.25. The standard InChI is InChI=1S/C12H14OS.C10H10F5NO/c13-8-7-10-3-5-12(6-4-10)14-9-11-1-2-11;1-16-7-4-2-6(3-5-7)9(17,8(11)12)10(13,14)15/h3-6,8,11H,1-2,7,9H2;2-5,8,16-17H,1H3. The van der Waals surface area contributed by atoms with Crippen LogP contribution in [0.25, 0.3) is 0 Å². The minimum atomic E-state index is -5.44. The molecule has 2 aromatic carbocycles. The van der Waals surface area contributed by atoms with Gasteiger partial charge in [-0.1, -0.05) is 24.3 Å². The zero-order valence-electron chi connectivity index (χ0n) is 16.8. The van der Waals surface area contributed by atoms with E-state index in [2.05, 4.69) is 17.4 Å². The normalized spacial score (nSPS) is 15.6. The van der Waals surface area contributed by atoms with Gasteiger partial charge in [-0.15, -0.1) is 11.8 Å². The SMILES string of the molecule is CNc1ccc(C(O)(C(F)F)C(F)(F)F)cc1.O=CCc1ccc(SCC2CC2)cc1. The number of halogens is 5. The van der Waals surface area contributed by atoms with Crippen LogP contribution >= 0.6 is 11.8 Å². The first-order valence-corrected chi connectivity index (χ1v) is 10.6. The average Bonchev–Trinajstić information content (AvgIpc) is 3.57. The summed E-state index contributed by atoms with van der Waals surface area (Å²) < 4.78 is 62.4. The van der Waals surface area contributed by atoms with Gasteiger partial charge in [0, 0.05) is 29.8 Å². The monoisotopic (exact) mass is 461 g/mol. The summed E-state index contributed by atoms with van der Waals surface area (Å²) in [5.41, 5.74) is -3.47. The maximum absolute atomic E-state index is 12.5.